The lowest BCUT2D eigenvalue weighted by molar-refractivity contribution is -0.118. The van der Waals surface area contributed by atoms with Gasteiger partial charge in [-0.05, 0) is 38.0 Å². The van der Waals surface area contributed by atoms with Gasteiger partial charge >= 0.3 is 0 Å². The van der Waals surface area contributed by atoms with Crippen LogP contribution >= 0.6 is 11.6 Å². The normalized spacial score (nSPS) is 12.6. The molecule has 1 atom stereocenters. The monoisotopic (exact) mass is 299 g/mol. The third-order valence-electron chi connectivity index (χ3n) is 2.74. The summed E-state index contributed by atoms with van der Waals surface area (Å²) >= 11 is 6.09. The second kappa shape index (κ2) is 7.50. The smallest absolute Gasteiger partial charge is 0.226 e. The maximum Gasteiger partial charge on any atom is 0.226 e. The van der Waals surface area contributed by atoms with Crippen LogP contribution in [0.1, 0.15) is 34.1 Å². The molecule has 0 saturated carbocycles. The molecule has 0 heterocycles. The van der Waals surface area contributed by atoms with Gasteiger partial charge in [0.2, 0.25) is 5.91 Å². The molecule has 0 aliphatic rings. The maximum absolute atomic E-state index is 11.8. The molecule has 1 unspecified atom stereocenters. The molecule has 1 aromatic carbocycles. The van der Waals surface area contributed by atoms with Crippen molar-refractivity contribution >= 4 is 23.2 Å². The number of nitrogens with one attached hydrogen (secondary N) is 1. The van der Waals surface area contributed by atoms with E-state index >= 15 is 0 Å². The lowest BCUT2D eigenvalue weighted by atomic mass is 10.0. The first-order valence-corrected chi connectivity index (χ1v) is 7.11. The zero-order valence-electron chi connectivity index (χ0n) is 12.3. The zero-order chi connectivity index (χ0) is 15.3. The molecule has 0 saturated heterocycles. The fourth-order valence-electron chi connectivity index (χ4n) is 1.57. The lowest BCUT2D eigenvalue weighted by Crippen LogP contribution is -2.23. The van der Waals surface area contributed by atoms with Gasteiger partial charge in [0, 0.05) is 5.69 Å². The summed E-state index contributed by atoms with van der Waals surface area (Å²) in [6.45, 7) is 7.57. The molecule has 1 aromatic rings. The van der Waals surface area contributed by atoms with E-state index in [0.29, 0.717) is 16.5 Å². The van der Waals surface area contributed by atoms with Gasteiger partial charge in [0.25, 0.3) is 0 Å². The number of hydrogen-bond donors (Lipinski definition) is 2. The average Bonchev–Trinajstić information content (AvgIpc) is 2.31. The van der Waals surface area contributed by atoms with Crippen molar-refractivity contribution in [1.29, 1.82) is 0 Å². The summed E-state index contributed by atoms with van der Waals surface area (Å²) in [5, 5.41) is 12.8. The quantitative estimate of drug-likeness (QED) is 0.845. The second-order valence-electron chi connectivity index (χ2n) is 5.38. The van der Waals surface area contributed by atoms with Crippen LogP contribution in [0.25, 0.3) is 0 Å². The molecule has 0 bridgehead atoms. The predicted octanol–water partition coefficient (Wildman–Crippen LogP) is 3.47. The van der Waals surface area contributed by atoms with Crippen LogP contribution in [0, 0.1) is 5.92 Å². The van der Waals surface area contributed by atoms with Crippen LogP contribution in [0.4, 0.5) is 5.69 Å². The zero-order valence-corrected chi connectivity index (χ0v) is 13.1. The standard InChI is InChI=1S/C15H22ClNO3/c1-9(2)13(18)8-15(19)17-11-5-6-14(12(16)7-11)20-10(3)4/h5-7,9-10,13,18H,8H2,1-4H3,(H,17,19). The molecule has 0 spiro atoms. The highest BCUT2D eigenvalue weighted by atomic mass is 35.5. The largest absolute Gasteiger partial charge is 0.489 e. The van der Waals surface area contributed by atoms with Crippen LogP contribution in [0.15, 0.2) is 18.2 Å². The number of benzene rings is 1. The Morgan fingerprint density at radius 2 is 2.00 bits per heavy atom. The molecular weight excluding hydrogens is 278 g/mol. The fourth-order valence-corrected chi connectivity index (χ4v) is 1.79. The van der Waals surface area contributed by atoms with Crippen LogP contribution in [0.5, 0.6) is 5.75 Å². The molecule has 112 valence electrons. The minimum atomic E-state index is -0.644. The summed E-state index contributed by atoms with van der Waals surface area (Å²) in [4.78, 5) is 11.8. The Hall–Kier alpha value is -1.26. The van der Waals surface area contributed by atoms with Gasteiger partial charge in [-0.15, -0.1) is 0 Å². The molecule has 0 aromatic heterocycles. The van der Waals surface area contributed by atoms with Crippen molar-refractivity contribution in [3.63, 3.8) is 0 Å². The van der Waals surface area contributed by atoms with Crippen molar-refractivity contribution in [3.05, 3.63) is 23.2 Å². The molecule has 0 aliphatic heterocycles. The van der Waals surface area contributed by atoms with Crippen LogP contribution in [-0.2, 0) is 4.79 Å². The molecule has 2 N–H and O–H groups in total. The summed E-state index contributed by atoms with van der Waals surface area (Å²) in [5.74, 6) is 0.396. The topological polar surface area (TPSA) is 58.6 Å². The number of hydrogen-bond acceptors (Lipinski definition) is 3. The second-order valence-corrected chi connectivity index (χ2v) is 5.78. The van der Waals surface area contributed by atoms with Gasteiger partial charge in [0.05, 0.1) is 23.7 Å². The van der Waals surface area contributed by atoms with E-state index < -0.39 is 6.10 Å². The van der Waals surface area contributed by atoms with E-state index in [1.165, 1.54) is 0 Å². The molecule has 5 heteroatoms. The number of carbonyl (C=O) groups excluding carboxylic acids is 1. The number of carbonyl (C=O) groups is 1. The summed E-state index contributed by atoms with van der Waals surface area (Å²) in [7, 11) is 0. The Labute approximate surface area is 125 Å². The number of amides is 1. The minimum Gasteiger partial charge on any atom is -0.489 e. The van der Waals surface area contributed by atoms with Crippen molar-refractivity contribution in [3.8, 4) is 5.75 Å². The number of aliphatic hydroxyl groups excluding tert-OH is 1. The number of ether oxygens (including phenoxy) is 1. The van der Waals surface area contributed by atoms with Gasteiger partial charge in [-0.25, -0.2) is 0 Å². The Balaban J connectivity index is 2.65. The molecule has 0 fully saturated rings. The third-order valence-corrected chi connectivity index (χ3v) is 3.04. The average molecular weight is 300 g/mol. The first-order valence-electron chi connectivity index (χ1n) is 6.73. The lowest BCUT2D eigenvalue weighted by Gasteiger charge is -2.15. The molecule has 1 amide bonds. The molecule has 20 heavy (non-hydrogen) atoms. The number of rotatable bonds is 6. The minimum absolute atomic E-state index is 0.0362. The number of halogens is 1. The van der Waals surface area contributed by atoms with Gasteiger partial charge in [-0.3, -0.25) is 4.79 Å². The van der Waals surface area contributed by atoms with Crippen LogP contribution in [0.2, 0.25) is 5.02 Å². The summed E-state index contributed by atoms with van der Waals surface area (Å²) < 4.78 is 5.52. The highest BCUT2D eigenvalue weighted by molar-refractivity contribution is 6.32. The van der Waals surface area contributed by atoms with Gasteiger partial charge in [0.15, 0.2) is 0 Å². The fraction of sp³-hybridized carbons (Fsp3) is 0.533. The number of aliphatic hydroxyl groups is 1. The molecule has 4 nitrogen and oxygen atoms in total. The van der Waals surface area contributed by atoms with E-state index in [-0.39, 0.29) is 24.3 Å². The van der Waals surface area contributed by atoms with E-state index in [9.17, 15) is 9.90 Å². The maximum atomic E-state index is 11.8. The van der Waals surface area contributed by atoms with E-state index in [0.717, 1.165) is 0 Å². The number of anilines is 1. The van der Waals surface area contributed by atoms with Crippen LogP contribution in [-0.4, -0.2) is 23.2 Å². The van der Waals surface area contributed by atoms with Crippen molar-refractivity contribution in [2.75, 3.05) is 5.32 Å². The Bertz CT molecular complexity index is 460. The van der Waals surface area contributed by atoms with E-state index in [1.54, 1.807) is 18.2 Å². The van der Waals surface area contributed by atoms with Gasteiger partial charge in [0.1, 0.15) is 5.75 Å². The first kappa shape index (κ1) is 16.8. The Morgan fingerprint density at radius 3 is 2.50 bits per heavy atom. The third kappa shape index (κ3) is 5.39. The highest BCUT2D eigenvalue weighted by Gasteiger charge is 2.15. The molecule has 0 aliphatic carbocycles. The summed E-state index contributed by atoms with van der Waals surface area (Å²) in [6, 6.07) is 5.08. The van der Waals surface area contributed by atoms with Gasteiger partial charge in [-0.2, -0.15) is 0 Å². The Kier molecular flexibility index (Phi) is 6.30. The van der Waals surface area contributed by atoms with E-state index in [2.05, 4.69) is 5.32 Å². The van der Waals surface area contributed by atoms with Crippen LogP contribution in [0.3, 0.4) is 0 Å². The SMILES string of the molecule is CC(C)Oc1ccc(NC(=O)CC(O)C(C)C)cc1Cl. The van der Waals surface area contributed by atoms with Crippen molar-refractivity contribution in [1.82, 2.24) is 0 Å². The van der Waals surface area contributed by atoms with Gasteiger partial charge in [-0.1, -0.05) is 25.4 Å². The molecular formula is C15H22ClNO3. The highest BCUT2D eigenvalue weighted by Crippen LogP contribution is 2.28. The predicted molar refractivity (Wildman–Crippen MR) is 81.3 cm³/mol. The van der Waals surface area contributed by atoms with E-state index in [4.69, 9.17) is 16.3 Å². The van der Waals surface area contributed by atoms with Gasteiger partial charge < -0.3 is 15.2 Å². The summed E-state index contributed by atoms with van der Waals surface area (Å²) in [6.07, 6.45) is -0.539. The van der Waals surface area contributed by atoms with Crippen LogP contribution < -0.4 is 10.1 Å². The van der Waals surface area contributed by atoms with Crippen molar-refractivity contribution in [2.24, 2.45) is 5.92 Å². The molecule has 1 rings (SSSR count). The summed E-state index contributed by atoms with van der Waals surface area (Å²) in [5.41, 5.74) is 0.590. The van der Waals surface area contributed by atoms with E-state index in [1.807, 2.05) is 27.7 Å². The van der Waals surface area contributed by atoms with Crippen molar-refractivity contribution < 1.29 is 14.6 Å². The molecule has 0 radical (unpaired) electrons. The van der Waals surface area contributed by atoms with Crippen molar-refractivity contribution in [2.45, 2.75) is 46.3 Å². The Morgan fingerprint density at radius 1 is 1.35 bits per heavy atom. The first-order chi connectivity index (χ1) is 9.29.